The highest BCUT2D eigenvalue weighted by Crippen LogP contribution is 2.51. The van der Waals surface area contributed by atoms with E-state index in [0.717, 1.165) is 11.4 Å². The number of nitrogens with zero attached hydrogens (tertiary/aromatic N) is 3. The first kappa shape index (κ1) is 12.0. The maximum absolute atomic E-state index is 6.32. The van der Waals surface area contributed by atoms with Crippen LogP contribution in [0, 0.1) is 18.8 Å². The molecule has 0 aliphatic heterocycles. The molecule has 0 saturated heterocycles. The number of aryl methyl sites for hydroxylation is 1. The van der Waals surface area contributed by atoms with E-state index in [1.165, 1.54) is 19.3 Å². The number of fused-ring (bicyclic) bond motifs is 2. The highest BCUT2D eigenvalue weighted by atomic mass is 16.5. The summed E-state index contributed by atoms with van der Waals surface area (Å²) in [5.41, 5.74) is 8.04. The van der Waals surface area contributed by atoms with E-state index in [-0.39, 0.29) is 12.0 Å². The van der Waals surface area contributed by atoms with Crippen LogP contribution in [0.3, 0.4) is 0 Å². The molecule has 2 saturated carbocycles. The lowest BCUT2D eigenvalue weighted by Crippen LogP contribution is -2.34. The molecule has 4 unspecified atom stereocenters. The lowest BCUT2D eigenvalue weighted by atomic mass is 9.85. The summed E-state index contributed by atoms with van der Waals surface area (Å²) in [5.74, 6) is 2.76. The molecule has 0 spiro atoms. The molecule has 104 valence electrons. The topological polar surface area (TPSA) is 77.8 Å². The number of rotatable bonds is 2. The van der Waals surface area contributed by atoms with Crippen LogP contribution in [0.4, 0.5) is 0 Å². The fraction of sp³-hybridized carbons (Fsp3) is 0.533. The summed E-state index contributed by atoms with van der Waals surface area (Å²) in [6.45, 7) is 1.95. The SMILES string of the molecule is Cc1cccc(-c2noc(C3C4CCC(C4)C3N)n2)n1. The van der Waals surface area contributed by atoms with Crippen LogP contribution in [0.15, 0.2) is 22.7 Å². The van der Waals surface area contributed by atoms with Crippen LogP contribution in [0.2, 0.25) is 0 Å². The van der Waals surface area contributed by atoms with Gasteiger partial charge < -0.3 is 10.3 Å². The fourth-order valence-electron chi connectivity index (χ4n) is 3.84. The molecule has 20 heavy (non-hydrogen) atoms. The van der Waals surface area contributed by atoms with Crippen molar-refractivity contribution in [2.24, 2.45) is 17.6 Å². The van der Waals surface area contributed by atoms with E-state index in [0.29, 0.717) is 23.6 Å². The third-order valence-electron chi connectivity index (χ3n) is 4.82. The van der Waals surface area contributed by atoms with Gasteiger partial charge in [-0.15, -0.1) is 0 Å². The maximum Gasteiger partial charge on any atom is 0.231 e. The van der Waals surface area contributed by atoms with Gasteiger partial charge in [-0.2, -0.15) is 4.98 Å². The van der Waals surface area contributed by atoms with E-state index in [2.05, 4.69) is 15.1 Å². The molecule has 4 rings (SSSR count). The number of hydrogen-bond acceptors (Lipinski definition) is 5. The predicted molar refractivity (Wildman–Crippen MR) is 73.8 cm³/mol. The Kier molecular flexibility index (Phi) is 2.63. The predicted octanol–water partition coefficient (Wildman–Crippen LogP) is 2.28. The van der Waals surface area contributed by atoms with Crippen LogP contribution >= 0.6 is 0 Å². The lowest BCUT2D eigenvalue weighted by molar-refractivity contribution is 0.279. The van der Waals surface area contributed by atoms with Gasteiger partial charge in [-0.1, -0.05) is 11.2 Å². The monoisotopic (exact) mass is 270 g/mol. The molecule has 2 N–H and O–H groups in total. The van der Waals surface area contributed by atoms with Gasteiger partial charge in [-0.3, -0.25) is 0 Å². The average molecular weight is 270 g/mol. The summed E-state index contributed by atoms with van der Waals surface area (Å²) in [6.07, 6.45) is 3.71. The normalized spacial score (nSPS) is 31.9. The molecule has 2 aromatic rings. The number of aromatic nitrogens is 3. The average Bonchev–Trinajstić information content (AvgIpc) is 3.13. The quantitative estimate of drug-likeness (QED) is 0.905. The number of pyridine rings is 1. The van der Waals surface area contributed by atoms with Crippen molar-refractivity contribution in [1.82, 2.24) is 15.1 Å². The van der Waals surface area contributed by atoms with Gasteiger partial charge in [0.25, 0.3) is 0 Å². The van der Waals surface area contributed by atoms with E-state index in [4.69, 9.17) is 10.3 Å². The third kappa shape index (κ3) is 1.77. The van der Waals surface area contributed by atoms with Gasteiger partial charge in [-0.25, -0.2) is 4.98 Å². The van der Waals surface area contributed by atoms with Crippen molar-refractivity contribution in [1.29, 1.82) is 0 Å². The Bertz CT molecular complexity index is 636. The molecule has 0 radical (unpaired) electrons. The highest BCUT2D eigenvalue weighted by molar-refractivity contribution is 5.48. The van der Waals surface area contributed by atoms with Crippen molar-refractivity contribution in [2.45, 2.75) is 38.1 Å². The van der Waals surface area contributed by atoms with Gasteiger partial charge in [0.1, 0.15) is 5.69 Å². The van der Waals surface area contributed by atoms with Gasteiger partial charge in [0.15, 0.2) is 0 Å². The van der Waals surface area contributed by atoms with Crippen LogP contribution in [0.5, 0.6) is 0 Å². The van der Waals surface area contributed by atoms with E-state index in [9.17, 15) is 0 Å². The first-order valence-corrected chi connectivity index (χ1v) is 7.25. The second kappa shape index (κ2) is 4.38. The molecule has 2 fully saturated rings. The van der Waals surface area contributed by atoms with Gasteiger partial charge in [0.05, 0.1) is 5.92 Å². The first-order valence-electron chi connectivity index (χ1n) is 7.25. The van der Waals surface area contributed by atoms with Crippen molar-refractivity contribution in [2.75, 3.05) is 0 Å². The van der Waals surface area contributed by atoms with Gasteiger partial charge in [0.2, 0.25) is 11.7 Å². The smallest absolute Gasteiger partial charge is 0.231 e. The zero-order chi connectivity index (χ0) is 13.7. The van der Waals surface area contributed by atoms with Crippen molar-refractivity contribution >= 4 is 0 Å². The summed E-state index contributed by atoms with van der Waals surface area (Å²) < 4.78 is 5.48. The minimum atomic E-state index is 0.174. The molecule has 2 heterocycles. The zero-order valence-corrected chi connectivity index (χ0v) is 11.5. The van der Waals surface area contributed by atoms with Crippen LogP contribution in [-0.4, -0.2) is 21.2 Å². The van der Waals surface area contributed by atoms with Crippen LogP contribution in [0.1, 0.15) is 36.8 Å². The summed E-state index contributed by atoms with van der Waals surface area (Å²) in [4.78, 5) is 8.99. The number of hydrogen-bond donors (Lipinski definition) is 1. The lowest BCUT2D eigenvalue weighted by Gasteiger charge is -2.24. The van der Waals surface area contributed by atoms with Gasteiger partial charge in [0, 0.05) is 11.7 Å². The fourth-order valence-corrected chi connectivity index (χ4v) is 3.84. The maximum atomic E-state index is 6.32. The van der Waals surface area contributed by atoms with E-state index in [1.807, 2.05) is 25.1 Å². The highest BCUT2D eigenvalue weighted by Gasteiger charge is 2.48. The Hall–Kier alpha value is -1.75. The summed E-state index contributed by atoms with van der Waals surface area (Å²) in [5, 5.41) is 4.09. The summed E-state index contributed by atoms with van der Waals surface area (Å²) in [6, 6.07) is 5.99. The Morgan fingerprint density at radius 3 is 2.80 bits per heavy atom. The first-order chi connectivity index (χ1) is 9.72. The number of nitrogens with two attached hydrogens (primary N) is 1. The van der Waals surface area contributed by atoms with Crippen LogP contribution < -0.4 is 5.73 Å². The Morgan fingerprint density at radius 1 is 1.20 bits per heavy atom. The van der Waals surface area contributed by atoms with Crippen molar-refractivity contribution in [3.05, 3.63) is 29.8 Å². The van der Waals surface area contributed by atoms with Crippen LogP contribution in [0.25, 0.3) is 11.5 Å². The Labute approximate surface area is 117 Å². The largest absolute Gasteiger partial charge is 0.339 e. The molecule has 0 aromatic carbocycles. The van der Waals surface area contributed by atoms with Gasteiger partial charge in [-0.05, 0) is 50.2 Å². The van der Waals surface area contributed by atoms with Gasteiger partial charge >= 0.3 is 0 Å². The second-order valence-electron chi connectivity index (χ2n) is 6.06. The van der Waals surface area contributed by atoms with Crippen LogP contribution in [-0.2, 0) is 0 Å². The molecule has 2 aromatic heterocycles. The summed E-state index contributed by atoms with van der Waals surface area (Å²) in [7, 11) is 0. The van der Waals surface area contributed by atoms with Crippen molar-refractivity contribution in [3.8, 4) is 11.5 Å². The zero-order valence-electron chi connectivity index (χ0n) is 11.5. The minimum absolute atomic E-state index is 0.174. The molecule has 5 nitrogen and oxygen atoms in total. The Morgan fingerprint density at radius 2 is 2.05 bits per heavy atom. The third-order valence-corrected chi connectivity index (χ3v) is 4.82. The molecular weight excluding hydrogens is 252 g/mol. The molecule has 0 amide bonds. The molecule has 2 aliphatic rings. The molecule has 2 bridgehead atoms. The van der Waals surface area contributed by atoms with E-state index in [1.54, 1.807) is 0 Å². The van der Waals surface area contributed by atoms with E-state index >= 15 is 0 Å². The standard InChI is InChI=1S/C15H18N4O/c1-8-3-2-4-11(17-8)14-18-15(20-19-14)12-9-5-6-10(7-9)13(12)16/h2-4,9-10,12-13H,5-7,16H2,1H3. The molecular formula is C15H18N4O. The molecule has 4 atom stereocenters. The second-order valence-corrected chi connectivity index (χ2v) is 6.06. The molecule has 5 heteroatoms. The van der Waals surface area contributed by atoms with E-state index < -0.39 is 0 Å². The minimum Gasteiger partial charge on any atom is -0.339 e. The molecule has 2 aliphatic carbocycles. The van der Waals surface area contributed by atoms with Crippen molar-refractivity contribution < 1.29 is 4.52 Å². The summed E-state index contributed by atoms with van der Waals surface area (Å²) >= 11 is 0. The van der Waals surface area contributed by atoms with Crippen molar-refractivity contribution in [3.63, 3.8) is 0 Å². The Balaban J connectivity index is 1.66.